The van der Waals surface area contributed by atoms with Crippen LogP contribution >= 0.6 is 0 Å². The molecule has 0 aromatic heterocycles. The molecule has 3 heteroatoms. The maximum Gasteiger partial charge on any atom is 0.311 e. The van der Waals surface area contributed by atoms with Gasteiger partial charge in [-0.05, 0) is 30.5 Å². The summed E-state index contributed by atoms with van der Waals surface area (Å²) in [6.45, 7) is 1.92. The van der Waals surface area contributed by atoms with Crippen molar-refractivity contribution in [1.82, 2.24) is 0 Å². The first-order valence-electron chi connectivity index (χ1n) is 5.57. The number of carbonyl (C=O) groups excluding carboxylic acids is 2. The monoisotopic (exact) mass is 218 g/mol. The molecule has 0 aliphatic heterocycles. The zero-order chi connectivity index (χ0) is 11.5. The van der Waals surface area contributed by atoms with Gasteiger partial charge in [0.15, 0.2) is 5.78 Å². The lowest BCUT2D eigenvalue weighted by Gasteiger charge is -2.05. The Kier molecular flexibility index (Phi) is 3.04. The molecular weight excluding hydrogens is 204 g/mol. The molecule has 0 unspecified atom stereocenters. The smallest absolute Gasteiger partial charge is 0.311 e. The summed E-state index contributed by atoms with van der Waals surface area (Å²) in [7, 11) is 0. The summed E-state index contributed by atoms with van der Waals surface area (Å²) >= 11 is 0. The quantitative estimate of drug-likeness (QED) is 0.578. The molecule has 0 bridgehead atoms. The number of rotatable bonds is 3. The van der Waals surface area contributed by atoms with E-state index in [-0.39, 0.29) is 11.8 Å². The molecule has 0 fully saturated rings. The number of carbonyl (C=O) groups is 2. The number of ketones is 1. The standard InChI is InChI=1S/C13H14O3/c1-2-3-13(15)16-10-6-4-9-5-7-12(14)11(9)8-10/h4,6,8H,2-3,5,7H2,1H3. The Morgan fingerprint density at radius 2 is 2.19 bits per heavy atom. The Hall–Kier alpha value is -1.64. The highest BCUT2D eigenvalue weighted by atomic mass is 16.5. The van der Waals surface area contributed by atoms with E-state index in [9.17, 15) is 9.59 Å². The molecule has 0 saturated carbocycles. The fourth-order valence-corrected chi connectivity index (χ4v) is 1.87. The van der Waals surface area contributed by atoms with E-state index in [0.29, 0.717) is 24.2 Å². The number of hydrogen-bond acceptors (Lipinski definition) is 3. The number of esters is 1. The average molecular weight is 218 g/mol. The van der Waals surface area contributed by atoms with Crippen LogP contribution in [0.15, 0.2) is 18.2 Å². The third-order valence-electron chi connectivity index (χ3n) is 2.69. The van der Waals surface area contributed by atoms with E-state index in [0.717, 1.165) is 18.4 Å². The predicted octanol–water partition coefficient (Wildman–Crippen LogP) is 2.52. The van der Waals surface area contributed by atoms with Crippen LogP contribution < -0.4 is 4.74 Å². The van der Waals surface area contributed by atoms with Gasteiger partial charge in [0, 0.05) is 18.4 Å². The highest BCUT2D eigenvalue weighted by Gasteiger charge is 2.20. The largest absolute Gasteiger partial charge is 0.427 e. The summed E-state index contributed by atoms with van der Waals surface area (Å²) in [6.07, 6.45) is 2.55. The van der Waals surface area contributed by atoms with Gasteiger partial charge in [0.25, 0.3) is 0 Å². The Bertz CT molecular complexity index is 435. The number of fused-ring (bicyclic) bond motifs is 1. The molecule has 1 aliphatic rings. The third kappa shape index (κ3) is 2.13. The molecule has 1 aromatic carbocycles. The van der Waals surface area contributed by atoms with Gasteiger partial charge in [0.1, 0.15) is 5.75 Å². The number of ether oxygens (including phenoxy) is 1. The van der Waals surface area contributed by atoms with Gasteiger partial charge in [-0.1, -0.05) is 13.0 Å². The second-order valence-corrected chi connectivity index (χ2v) is 3.97. The van der Waals surface area contributed by atoms with Crippen LogP contribution in [0, 0.1) is 0 Å². The minimum absolute atomic E-state index is 0.142. The van der Waals surface area contributed by atoms with Crippen molar-refractivity contribution in [1.29, 1.82) is 0 Å². The topological polar surface area (TPSA) is 43.4 Å². The van der Waals surface area contributed by atoms with Gasteiger partial charge in [-0.3, -0.25) is 9.59 Å². The molecule has 0 amide bonds. The minimum atomic E-state index is -0.243. The number of aryl methyl sites for hydroxylation is 1. The van der Waals surface area contributed by atoms with Gasteiger partial charge in [0.2, 0.25) is 0 Å². The van der Waals surface area contributed by atoms with Crippen molar-refractivity contribution in [2.24, 2.45) is 0 Å². The molecule has 0 spiro atoms. The summed E-state index contributed by atoms with van der Waals surface area (Å²) in [5.74, 6) is 0.378. The zero-order valence-corrected chi connectivity index (χ0v) is 9.29. The second-order valence-electron chi connectivity index (χ2n) is 3.97. The predicted molar refractivity (Wildman–Crippen MR) is 59.6 cm³/mol. The van der Waals surface area contributed by atoms with Crippen LogP contribution in [0.1, 0.15) is 42.1 Å². The summed E-state index contributed by atoms with van der Waals surface area (Å²) in [4.78, 5) is 22.8. The van der Waals surface area contributed by atoms with Gasteiger partial charge < -0.3 is 4.74 Å². The van der Waals surface area contributed by atoms with Crippen LogP contribution in [-0.4, -0.2) is 11.8 Å². The van der Waals surface area contributed by atoms with Crippen molar-refractivity contribution in [2.45, 2.75) is 32.6 Å². The second kappa shape index (κ2) is 4.47. The van der Waals surface area contributed by atoms with Crippen LogP contribution in [0.25, 0.3) is 0 Å². The van der Waals surface area contributed by atoms with Crippen molar-refractivity contribution in [2.75, 3.05) is 0 Å². The van der Waals surface area contributed by atoms with Crippen molar-refractivity contribution < 1.29 is 14.3 Å². The lowest BCUT2D eigenvalue weighted by Crippen LogP contribution is -2.07. The van der Waals surface area contributed by atoms with E-state index < -0.39 is 0 Å². The van der Waals surface area contributed by atoms with E-state index in [4.69, 9.17) is 4.74 Å². The molecule has 0 heterocycles. The van der Waals surface area contributed by atoms with Crippen molar-refractivity contribution in [3.63, 3.8) is 0 Å². The van der Waals surface area contributed by atoms with Gasteiger partial charge in [-0.25, -0.2) is 0 Å². The fourth-order valence-electron chi connectivity index (χ4n) is 1.87. The Labute approximate surface area is 94.4 Å². The first kappa shape index (κ1) is 10.9. The maximum absolute atomic E-state index is 11.5. The fraction of sp³-hybridized carbons (Fsp3) is 0.385. The average Bonchev–Trinajstić information content (AvgIpc) is 2.61. The normalized spacial score (nSPS) is 13.7. The van der Waals surface area contributed by atoms with Crippen LogP contribution in [0.3, 0.4) is 0 Å². The molecule has 3 nitrogen and oxygen atoms in total. The number of hydrogen-bond donors (Lipinski definition) is 0. The molecule has 1 aromatic rings. The lowest BCUT2D eigenvalue weighted by molar-refractivity contribution is -0.134. The van der Waals surface area contributed by atoms with Gasteiger partial charge >= 0.3 is 5.97 Å². The van der Waals surface area contributed by atoms with Crippen molar-refractivity contribution in [3.8, 4) is 5.75 Å². The third-order valence-corrected chi connectivity index (χ3v) is 2.69. The van der Waals surface area contributed by atoms with Crippen LogP contribution in [0.5, 0.6) is 5.75 Å². The van der Waals surface area contributed by atoms with Gasteiger partial charge in [0.05, 0.1) is 0 Å². The van der Waals surface area contributed by atoms with Gasteiger partial charge in [-0.15, -0.1) is 0 Å². The summed E-state index contributed by atoms with van der Waals surface area (Å²) in [5, 5.41) is 0. The maximum atomic E-state index is 11.5. The molecule has 1 aliphatic carbocycles. The summed E-state index contributed by atoms with van der Waals surface area (Å²) in [6, 6.07) is 5.30. The highest BCUT2D eigenvalue weighted by molar-refractivity contribution is 6.00. The first-order chi connectivity index (χ1) is 7.70. The van der Waals surface area contributed by atoms with Crippen molar-refractivity contribution in [3.05, 3.63) is 29.3 Å². The van der Waals surface area contributed by atoms with E-state index in [1.54, 1.807) is 12.1 Å². The first-order valence-corrected chi connectivity index (χ1v) is 5.57. The van der Waals surface area contributed by atoms with Crippen LogP contribution in [0.4, 0.5) is 0 Å². The number of benzene rings is 1. The zero-order valence-electron chi connectivity index (χ0n) is 9.29. The molecule has 0 saturated heterocycles. The molecule has 16 heavy (non-hydrogen) atoms. The minimum Gasteiger partial charge on any atom is -0.427 e. The van der Waals surface area contributed by atoms with E-state index in [2.05, 4.69) is 0 Å². The molecule has 0 radical (unpaired) electrons. The molecule has 2 rings (SSSR count). The Balaban J connectivity index is 2.15. The van der Waals surface area contributed by atoms with E-state index in [1.165, 1.54) is 0 Å². The summed E-state index contributed by atoms with van der Waals surface area (Å²) in [5.41, 5.74) is 1.77. The number of Topliss-reactive ketones (excluding diaryl/α,β-unsaturated/α-hetero) is 1. The Morgan fingerprint density at radius 1 is 1.38 bits per heavy atom. The molecule has 84 valence electrons. The SMILES string of the molecule is CCCC(=O)Oc1ccc2c(c1)C(=O)CC2. The van der Waals surface area contributed by atoms with Crippen LogP contribution in [-0.2, 0) is 11.2 Å². The van der Waals surface area contributed by atoms with Gasteiger partial charge in [-0.2, -0.15) is 0 Å². The highest BCUT2D eigenvalue weighted by Crippen LogP contribution is 2.26. The van der Waals surface area contributed by atoms with E-state index in [1.807, 2.05) is 13.0 Å². The molecule has 0 N–H and O–H groups in total. The van der Waals surface area contributed by atoms with Crippen LogP contribution in [0.2, 0.25) is 0 Å². The van der Waals surface area contributed by atoms with E-state index >= 15 is 0 Å². The lowest BCUT2D eigenvalue weighted by atomic mass is 10.1. The van der Waals surface area contributed by atoms with Crippen molar-refractivity contribution >= 4 is 11.8 Å². The molecular formula is C13H14O3. The molecule has 0 atom stereocenters. The Morgan fingerprint density at radius 3 is 2.94 bits per heavy atom. The summed E-state index contributed by atoms with van der Waals surface area (Å²) < 4.78 is 5.14.